The number of benzene rings is 5. The van der Waals surface area contributed by atoms with Gasteiger partial charge in [-0.25, -0.2) is 9.59 Å². The summed E-state index contributed by atoms with van der Waals surface area (Å²) in [7, 11) is 0. The maximum absolute atomic E-state index is 13.9. The van der Waals surface area contributed by atoms with Crippen LogP contribution < -0.4 is 20.7 Å². The highest BCUT2D eigenvalue weighted by Gasteiger charge is 2.31. The van der Waals surface area contributed by atoms with Crippen molar-refractivity contribution in [3.8, 4) is 16.9 Å². The van der Waals surface area contributed by atoms with Crippen molar-refractivity contribution in [3.05, 3.63) is 187 Å². The van der Waals surface area contributed by atoms with Crippen molar-refractivity contribution in [2.24, 2.45) is 5.92 Å². The van der Waals surface area contributed by atoms with Gasteiger partial charge in [0.05, 0.1) is 24.6 Å². The third-order valence-corrected chi connectivity index (χ3v) is 11.2. The van der Waals surface area contributed by atoms with Crippen LogP contribution in [0.2, 0.25) is 0 Å². The lowest BCUT2D eigenvalue weighted by molar-refractivity contribution is -0.147. The van der Waals surface area contributed by atoms with Gasteiger partial charge in [0.25, 0.3) is 0 Å². The van der Waals surface area contributed by atoms with E-state index in [1.54, 1.807) is 12.2 Å². The molecular formula is C53H57N3O8. The van der Waals surface area contributed by atoms with Crippen molar-refractivity contribution < 1.29 is 38.5 Å². The van der Waals surface area contributed by atoms with E-state index < -0.39 is 47.9 Å². The third kappa shape index (κ3) is 13.5. The molecule has 0 saturated carbocycles. The van der Waals surface area contributed by atoms with Crippen LogP contribution in [0.1, 0.15) is 59.4 Å². The summed E-state index contributed by atoms with van der Waals surface area (Å²) in [6.07, 6.45) is 3.87. The van der Waals surface area contributed by atoms with Crippen molar-refractivity contribution in [1.82, 2.24) is 16.0 Å². The van der Waals surface area contributed by atoms with Gasteiger partial charge in [0.2, 0.25) is 11.8 Å². The van der Waals surface area contributed by atoms with Gasteiger partial charge in [0, 0.05) is 12.3 Å². The van der Waals surface area contributed by atoms with Crippen molar-refractivity contribution in [2.75, 3.05) is 19.8 Å². The molecule has 1 aliphatic carbocycles. The van der Waals surface area contributed by atoms with Crippen LogP contribution in [0.25, 0.3) is 11.1 Å². The van der Waals surface area contributed by atoms with E-state index in [2.05, 4.69) is 41.2 Å². The predicted molar refractivity (Wildman–Crippen MR) is 247 cm³/mol. The summed E-state index contributed by atoms with van der Waals surface area (Å²) in [5.74, 6) is -1.75. The largest absolute Gasteiger partial charge is 0.489 e. The molecule has 6 rings (SSSR count). The number of amides is 3. The fourth-order valence-corrected chi connectivity index (χ4v) is 7.87. The van der Waals surface area contributed by atoms with Crippen molar-refractivity contribution in [3.63, 3.8) is 0 Å². The summed E-state index contributed by atoms with van der Waals surface area (Å²) >= 11 is 0. The molecule has 5 aromatic carbocycles. The van der Waals surface area contributed by atoms with Gasteiger partial charge in [-0.2, -0.15) is 0 Å². The summed E-state index contributed by atoms with van der Waals surface area (Å²) in [6, 6.07) is 40.5. The quantitative estimate of drug-likeness (QED) is 0.0360. The fraction of sp³-hybridized carbons (Fsp3) is 0.283. The Hall–Kier alpha value is -6.98. The summed E-state index contributed by atoms with van der Waals surface area (Å²) in [4.78, 5) is 54.1. The topological polar surface area (TPSA) is 152 Å². The molecule has 0 heterocycles. The minimum atomic E-state index is -1.04. The molecule has 11 nitrogen and oxygen atoms in total. The average molecular weight is 864 g/mol. The number of esters is 1. The maximum atomic E-state index is 13.9. The summed E-state index contributed by atoms with van der Waals surface area (Å²) < 4.78 is 17.4. The molecule has 0 fully saturated rings. The van der Waals surface area contributed by atoms with E-state index in [-0.39, 0.29) is 45.0 Å². The molecule has 3 amide bonds. The van der Waals surface area contributed by atoms with Crippen molar-refractivity contribution in [1.29, 1.82) is 0 Å². The number of fused-ring (bicyclic) bond motifs is 3. The van der Waals surface area contributed by atoms with Gasteiger partial charge in [-0.15, -0.1) is 13.2 Å². The van der Waals surface area contributed by atoms with Crippen LogP contribution in [-0.4, -0.2) is 66.9 Å². The SMILES string of the molecule is C=CCC[C@H](NC(=O)OCC1c2ccccc2-c2ccccc21)C(=O)OC[C@H](Cc1ccccc1)NC(=O)[C@H](CC=C)CC(=O)N[C@H](CO)Cc1ccc(OCc2ccccc2)cc1. The van der Waals surface area contributed by atoms with Crippen molar-refractivity contribution in [2.45, 2.75) is 69.2 Å². The Labute approximate surface area is 375 Å². The van der Waals surface area contributed by atoms with Crippen LogP contribution in [0.15, 0.2) is 159 Å². The molecule has 11 heteroatoms. The van der Waals surface area contributed by atoms with E-state index in [0.717, 1.165) is 38.9 Å². The highest BCUT2D eigenvalue weighted by molar-refractivity contribution is 5.86. The fourth-order valence-electron chi connectivity index (χ4n) is 7.87. The van der Waals surface area contributed by atoms with E-state index in [0.29, 0.717) is 31.6 Å². The highest BCUT2D eigenvalue weighted by Crippen LogP contribution is 2.44. The Bertz CT molecular complexity index is 2270. The Morgan fingerprint density at radius 3 is 1.88 bits per heavy atom. The number of ether oxygens (including phenoxy) is 3. The lowest BCUT2D eigenvalue weighted by Gasteiger charge is -2.24. The van der Waals surface area contributed by atoms with Gasteiger partial charge in [-0.05, 0) is 83.2 Å². The normalized spacial score (nSPS) is 13.5. The zero-order valence-electron chi connectivity index (χ0n) is 36.0. The highest BCUT2D eigenvalue weighted by atomic mass is 16.6. The third-order valence-electron chi connectivity index (χ3n) is 11.2. The van der Waals surface area contributed by atoms with Crippen LogP contribution in [0.3, 0.4) is 0 Å². The number of carbonyl (C=O) groups excluding carboxylic acids is 4. The number of allylic oxidation sites excluding steroid dienone is 2. The van der Waals surface area contributed by atoms with Crippen LogP contribution >= 0.6 is 0 Å². The first-order valence-electron chi connectivity index (χ1n) is 21.7. The van der Waals surface area contributed by atoms with Gasteiger partial charge in [0.15, 0.2) is 0 Å². The molecule has 1 aliphatic rings. The van der Waals surface area contributed by atoms with E-state index in [4.69, 9.17) is 14.2 Å². The smallest absolute Gasteiger partial charge is 0.407 e. The molecule has 64 heavy (non-hydrogen) atoms. The average Bonchev–Trinajstić information content (AvgIpc) is 3.64. The van der Waals surface area contributed by atoms with Crippen LogP contribution in [0.5, 0.6) is 5.75 Å². The Kier molecular flexibility index (Phi) is 17.5. The van der Waals surface area contributed by atoms with Gasteiger partial charge in [-0.3, -0.25) is 9.59 Å². The van der Waals surface area contributed by atoms with E-state index in [9.17, 15) is 24.3 Å². The lowest BCUT2D eigenvalue weighted by atomic mass is 9.98. The van der Waals surface area contributed by atoms with Crippen molar-refractivity contribution >= 4 is 23.9 Å². The molecule has 4 N–H and O–H groups in total. The second-order valence-electron chi connectivity index (χ2n) is 15.9. The Balaban J connectivity index is 1.03. The second-order valence-corrected chi connectivity index (χ2v) is 15.9. The molecule has 332 valence electrons. The van der Waals surface area contributed by atoms with Gasteiger partial charge >= 0.3 is 12.1 Å². The number of hydrogen-bond donors (Lipinski definition) is 4. The number of aliphatic hydroxyl groups excluding tert-OH is 1. The first-order chi connectivity index (χ1) is 31.2. The number of hydrogen-bond acceptors (Lipinski definition) is 8. The molecule has 0 saturated heterocycles. The van der Waals surface area contributed by atoms with E-state index in [1.165, 1.54) is 0 Å². The monoisotopic (exact) mass is 863 g/mol. The number of rotatable bonds is 24. The predicted octanol–water partition coefficient (Wildman–Crippen LogP) is 8.01. The minimum Gasteiger partial charge on any atom is -0.489 e. The zero-order chi connectivity index (χ0) is 45.1. The Morgan fingerprint density at radius 2 is 1.25 bits per heavy atom. The number of aliphatic hydroxyl groups is 1. The van der Waals surface area contributed by atoms with Gasteiger partial charge in [0.1, 0.15) is 31.6 Å². The molecule has 0 unspecified atom stereocenters. The van der Waals surface area contributed by atoms with Crippen LogP contribution in [0.4, 0.5) is 4.79 Å². The molecule has 0 bridgehead atoms. The first-order valence-corrected chi connectivity index (χ1v) is 21.7. The second kappa shape index (κ2) is 24.0. The standard InChI is InChI=1S/C53H57N3O8/c1-3-5-25-49(56-53(61)64-36-48-46-23-14-12-21-44(46)45-22-13-15-24-47(45)48)52(60)63-35-42(31-37-17-8-6-9-18-37)55-51(59)40(16-4-2)32-50(58)54-41(33-57)30-38-26-28-43(29-27-38)62-34-39-19-10-7-11-20-39/h3-4,6-15,17-24,26-29,40-42,48-49,57H,1-2,5,16,25,30-36H2,(H,54,58)(H,55,59)(H,56,61)/t40-,41+,42+,49+/m1/s1. The molecule has 0 spiro atoms. The zero-order valence-corrected chi connectivity index (χ0v) is 36.0. The lowest BCUT2D eigenvalue weighted by Crippen LogP contribution is -2.47. The summed E-state index contributed by atoms with van der Waals surface area (Å²) in [6.45, 7) is 7.59. The first kappa shape index (κ1) is 46.5. The molecule has 0 aromatic heterocycles. The molecule has 4 atom stereocenters. The molecule has 0 aliphatic heterocycles. The minimum absolute atomic E-state index is 0.0817. The van der Waals surface area contributed by atoms with Crippen LogP contribution in [-0.2, 0) is 43.3 Å². The molecule has 0 radical (unpaired) electrons. The number of nitrogens with one attached hydrogen (secondary N) is 3. The van der Waals surface area contributed by atoms with Gasteiger partial charge < -0.3 is 35.3 Å². The molecule has 5 aromatic rings. The summed E-state index contributed by atoms with van der Waals surface area (Å²) in [5, 5.41) is 18.7. The summed E-state index contributed by atoms with van der Waals surface area (Å²) in [5.41, 5.74) is 7.18. The van der Waals surface area contributed by atoms with E-state index >= 15 is 0 Å². The van der Waals surface area contributed by atoms with E-state index in [1.807, 2.05) is 121 Å². The number of carbonyl (C=O) groups is 4. The number of alkyl carbamates (subject to hydrolysis) is 1. The Morgan fingerprint density at radius 1 is 0.656 bits per heavy atom. The molecular weight excluding hydrogens is 807 g/mol. The maximum Gasteiger partial charge on any atom is 0.407 e. The van der Waals surface area contributed by atoms with Gasteiger partial charge in [-0.1, -0.05) is 133 Å². The van der Waals surface area contributed by atoms with Crippen LogP contribution in [0, 0.1) is 5.92 Å².